The second-order valence-corrected chi connectivity index (χ2v) is 5.02. The molecule has 0 amide bonds. The van der Waals surface area contributed by atoms with Crippen LogP contribution in [0.5, 0.6) is 5.75 Å². The van der Waals surface area contributed by atoms with Gasteiger partial charge in [-0.2, -0.15) is 0 Å². The Bertz CT molecular complexity index is 487. The molecule has 18 heavy (non-hydrogen) atoms. The second-order valence-electron chi connectivity index (χ2n) is 3.67. The van der Waals surface area contributed by atoms with E-state index in [1.807, 2.05) is 24.3 Å². The maximum absolute atomic E-state index is 5.89. The minimum atomic E-state index is 0.340. The molecule has 0 radical (unpaired) electrons. The largest absolute Gasteiger partial charge is 0.487 e. The third-order valence-electron chi connectivity index (χ3n) is 2.40. The molecule has 2 rings (SSSR count). The van der Waals surface area contributed by atoms with E-state index in [0.717, 1.165) is 30.3 Å². The van der Waals surface area contributed by atoms with Gasteiger partial charge in [0.15, 0.2) is 0 Å². The van der Waals surface area contributed by atoms with Gasteiger partial charge in [-0.1, -0.05) is 28.2 Å². The predicted octanol–water partition coefficient (Wildman–Crippen LogP) is 2.96. The SMILES string of the molecule is COCCc1ccc(OCc2nnsc2Cl)cc1. The molecule has 0 saturated carbocycles. The molecule has 0 fully saturated rings. The maximum Gasteiger partial charge on any atom is 0.141 e. The van der Waals surface area contributed by atoms with Crippen molar-refractivity contribution in [2.45, 2.75) is 13.0 Å². The molecule has 0 unspecified atom stereocenters. The summed E-state index contributed by atoms with van der Waals surface area (Å²) in [6.07, 6.45) is 0.901. The molecule has 0 aliphatic heterocycles. The van der Waals surface area contributed by atoms with Gasteiger partial charge in [0, 0.05) is 18.6 Å². The summed E-state index contributed by atoms with van der Waals surface area (Å²) in [5.74, 6) is 0.792. The Morgan fingerprint density at radius 1 is 1.28 bits per heavy atom. The van der Waals surface area contributed by atoms with Gasteiger partial charge in [0.2, 0.25) is 0 Å². The summed E-state index contributed by atoms with van der Waals surface area (Å²) in [7, 11) is 1.70. The van der Waals surface area contributed by atoms with E-state index < -0.39 is 0 Å². The lowest BCUT2D eigenvalue weighted by Gasteiger charge is -2.05. The van der Waals surface area contributed by atoms with Crippen LogP contribution < -0.4 is 4.74 Å². The van der Waals surface area contributed by atoms with Gasteiger partial charge in [-0.3, -0.25) is 0 Å². The summed E-state index contributed by atoms with van der Waals surface area (Å²) < 4.78 is 14.9. The predicted molar refractivity (Wildman–Crippen MR) is 71.3 cm³/mol. The first-order valence-corrected chi connectivity index (χ1v) is 6.62. The standard InChI is InChI=1S/C12H13ClN2O2S/c1-16-7-6-9-2-4-10(5-3-9)17-8-11-12(13)18-15-14-11/h2-5H,6-8H2,1H3. The van der Waals surface area contributed by atoms with Crippen molar-refractivity contribution in [2.24, 2.45) is 0 Å². The number of hydrogen-bond donors (Lipinski definition) is 0. The van der Waals surface area contributed by atoms with Crippen molar-refractivity contribution in [2.75, 3.05) is 13.7 Å². The Balaban J connectivity index is 1.88. The third kappa shape index (κ3) is 3.66. The first kappa shape index (κ1) is 13.3. The highest BCUT2D eigenvalue weighted by Gasteiger charge is 2.05. The van der Waals surface area contributed by atoms with Gasteiger partial charge >= 0.3 is 0 Å². The van der Waals surface area contributed by atoms with Crippen LogP contribution in [0.3, 0.4) is 0 Å². The molecular formula is C12H13ClN2O2S. The molecule has 4 nitrogen and oxygen atoms in total. The van der Waals surface area contributed by atoms with E-state index in [1.165, 1.54) is 5.56 Å². The van der Waals surface area contributed by atoms with E-state index in [0.29, 0.717) is 16.6 Å². The Labute approximate surface area is 115 Å². The Kier molecular flexibility index (Phi) is 4.92. The lowest BCUT2D eigenvalue weighted by molar-refractivity contribution is 0.202. The van der Waals surface area contributed by atoms with Crippen LogP contribution in [0.4, 0.5) is 0 Å². The topological polar surface area (TPSA) is 44.2 Å². The van der Waals surface area contributed by atoms with E-state index in [2.05, 4.69) is 9.59 Å². The fraction of sp³-hybridized carbons (Fsp3) is 0.333. The zero-order valence-corrected chi connectivity index (χ0v) is 11.5. The third-order valence-corrected chi connectivity index (χ3v) is 3.39. The summed E-state index contributed by atoms with van der Waals surface area (Å²) in [4.78, 5) is 0. The van der Waals surface area contributed by atoms with Gasteiger partial charge in [0.05, 0.1) is 6.61 Å². The fourth-order valence-corrected chi connectivity index (χ4v) is 2.01. The van der Waals surface area contributed by atoms with Gasteiger partial charge in [-0.15, -0.1) is 5.10 Å². The smallest absolute Gasteiger partial charge is 0.141 e. The Hall–Kier alpha value is -1.17. The Morgan fingerprint density at radius 2 is 2.06 bits per heavy atom. The second kappa shape index (κ2) is 6.68. The molecule has 0 saturated heterocycles. The van der Waals surface area contributed by atoms with Crippen molar-refractivity contribution in [3.63, 3.8) is 0 Å². The maximum atomic E-state index is 5.89. The molecule has 96 valence electrons. The van der Waals surface area contributed by atoms with Crippen molar-refractivity contribution in [3.8, 4) is 5.75 Å². The number of nitrogens with zero attached hydrogens (tertiary/aromatic N) is 2. The summed E-state index contributed by atoms with van der Waals surface area (Å²) >= 11 is 7.05. The molecule has 1 heterocycles. The number of ether oxygens (including phenoxy) is 2. The molecule has 1 aromatic heterocycles. The average Bonchev–Trinajstić information content (AvgIpc) is 2.81. The highest BCUT2D eigenvalue weighted by atomic mass is 35.5. The van der Waals surface area contributed by atoms with Crippen molar-refractivity contribution < 1.29 is 9.47 Å². The fourth-order valence-electron chi connectivity index (χ4n) is 1.41. The van der Waals surface area contributed by atoms with Crippen LogP contribution in [0.15, 0.2) is 24.3 Å². The van der Waals surface area contributed by atoms with E-state index in [9.17, 15) is 0 Å². The Morgan fingerprint density at radius 3 is 2.67 bits per heavy atom. The lowest BCUT2D eigenvalue weighted by atomic mass is 10.1. The van der Waals surface area contributed by atoms with Crippen molar-refractivity contribution in [1.29, 1.82) is 0 Å². The van der Waals surface area contributed by atoms with Crippen LogP contribution in [0.25, 0.3) is 0 Å². The summed E-state index contributed by atoms with van der Waals surface area (Å²) in [5, 5.41) is 3.88. The first-order chi connectivity index (χ1) is 8.79. The zero-order valence-electron chi connectivity index (χ0n) is 9.93. The van der Waals surface area contributed by atoms with Crippen LogP contribution in [0.1, 0.15) is 11.3 Å². The molecule has 0 atom stereocenters. The molecule has 0 N–H and O–H groups in total. The van der Waals surface area contributed by atoms with Crippen LogP contribution in [0.2, 0.25) is 4.34 Å². The number of benzene rings is 1. The summed E-state index contributed by atoms with van der Waals surface area (Å²) in [6.45, 7) is 1.06. The highest BCUT2D eigenvalue weighted by Crippen LogP contribution is 2.20. The molecule has 0 aliphatic carbocycles. The minimum Gasteiger partial charge on any atom is -0.487 e. The molecule has 0 aliphatic rings. The quantitative estimate of drug-likeness (QED) is 0.818. The van der Waals surface area contributed by atoms with Gasteiger partial charge in [-0.05, 0) is 24.1 Å². The first-order valence-electron chi connectivity index (χ1n) is 5.47. The normalized spacial score (nSPS) is 10.6. The van der Waals surface area contributed by atoms with Crippen LogP contribution in [-0.2, 0) is 17.8 Å². The van der Waals surface area contributed by atoms with Gasteiger partial charge < -0.3 is 9.47 Å². The van der Waals surface area contributed by atoms with Crippen LogP contribution in [0, 0.1) is 0 Å². The molecule has 0 spiro atoms. The lowest BCUT2D eigenvalue weighted by Crippen LogP contribution is -1.97. The molecule has 2 aromatic rings. The molecular weight excluding hydrogens is 272 g/mol. The molecule has 0 bridgehead atoms. The van der Waals surface area contributed by atoms with Crippen LogP contribution >= 0.6 is 23.1 Å². The van der Waals surface area contributed by atoms with Gasteiger partial charge in [0.25, 0.3) is 0 Å². The van der Waals surface area contributed by atoms with Crippen molar-refractivity contribution in [1.82, 2.24) is 9.59 Å². The summed E-state index contributed by atoms with van der Waals surface area (Å²) in [6, 6.07) is 7.90. The molecule has 1 aromatic carbocycles. The number of aromatic nitrogens is 2. The van der Waals surface area contributed by atoms with E-state index >= 15 is 0 Å². The highest BCUT2D eigenvalue weighted by molar-refractivity contribution is 7.10. The van der Waals surface area contributed by atoms with Crippen molar-refractivity contribution >= 4 is 23.1 Å². The van der Waals surface area contributed by atoms with Gasteiger partial charge in [-0.25, -0.2) is 0 Å². The van der Waals surface area contributed by atoms with E-state index in [1.54, 1.807) is 7.11 Å². The van der Waals surface area contributed by atoms with E-state index in [4.69, 9.17) is 21.1 Å². The van der Waals surface area contributed by atoms with Gasteiger partial charge in [0.1, 0.15) is 22.4 Å². The number of methoxy groups -OCH3 is 1. The number of rotatable bonds is 6. The van der Waals surface area contributed by atoms with Crippen LogP contribution in [-0.4, -0.2) is 23.3 Å². The van der Waals surface area contributed by atoms with E-state index in [-0.39, 0.29) is 0 Å². The summed E-state index contributed by atoms with van der Waals surface area (Å²) in [5.41, 5.74) is 1.89. The number of hydrogen-bond acceptors (Lipinski definition) is 5. The zero-order chi connectivity index (χ0) is 12.8. The number of halogens is 1. The van der Waals surface area contributed by atoms with Crippen molar-refractivity contribution in [3.05, 3.63) is 39.9 Å². The average molecular weight is 285 g/mol. The minimum absolute atomic E-state index is 0.340. The molecule has 6 heteroatoms. The monoisotopic (exact) mass is 284 g/mol.